The van der Waals surface area contributed by atoms with E-state index in [1.54, 1.807) is 6.92 Å². The van der Waals surface area contributed by atoms with Gasteiger partial charge in [-0.2, -0.15) is 0 Å². The highest BCUT2D eigenvalue weighted by Crippen LogP contribution is 2.25. The van der Waals surface area contributed by atoms with E-state index in [4.69, 9.17) is 4.74 Å². The summed E-state index contributed by atoms with van der Waals surface area (Å²) in [4.78, 5) is 22.9. The summed E-state index contributed by atoms with van der Waals surface area (Å²) in [5.74, 6) is -1.73. The van der Waals surface area contributed by atoms with Gasteiger partial charge in [-0.3, -0.25) is 0 Å². The molecule has 0 bridgehead atoms. The molecule has 0 aliphatic rings. The number of carboxylic acid groups (broad SMARTS) is 1. The molecule has 0 aliphatic heterocycles. The predicted molar refractivity (Wildman–Crippen MR) is 103 cm³/mol. The summed E-state index contributed by atoms with van der Waals surface area (Å²) in [6, 6.07) is 0. The lowest BCUT2D eigenvalue weighted by Crippen LogP contribution is -2.42. The Hall–Kier alpha value is -1.32. The molecule has 25 heavy (non-hydrogen) atoms. The summed E-state index contributed by atoms with van der Waals surface area (Å²) in [5, 5.41) is 9.43. The third kappa shape index (κ3) is 11.0. The van der Waals surface area contributed by atoms with Crippen LogP contribution in [0.1, 0.15) is 104 Å². The van der Waals surface area contributed by atoms with Crippen LogP contribution in [0.15, 0.2) is 12.7 Å². The minimum Gasteiger partial charge on any atom is -0.478 e. The van der Waals surface area contributed by atoms with E-state index in [2.05, 4.69) is 13.5 Å². The van der Waals surface area contributed by atoms with Crippen LogP contribution >= 0.6 is 0 Å². The molecule has 0 aliphatic carbocycles. The number of rotatable bonds is 17. The first-order chi connectivity index (χ1) is 12.0. The fraction of sp³-hybridized carbons (Fsp3) is 0.810. The first-order valence-electron chi connectivity index (χ1n) is 10.1. The summed E-state index contributed by atoms with van der Waals surface area (Å²) in [6.07, 6.45) is 16.4. The van der Waals surface area contributed by atoms with Gasteiger partial charge in [0, 0.05) is 6.08 Å². The number of ether oxygens (including phenoxy) is 1. The van der Waals surface area contributed by atoms with E-state index in [-0.39, 0.29) is 6.42 Å². The largest absolute Gasteiger partial charge is 0.478 e. The maximum absolute atomic E-state index is 11.5. The maximum Gasteiger partial charge on any atom is 0.348 e. The molecule has 4 heteroatoms. The Morgan fingerprint density at radius 3 is 1.68 bits per heavy atom. The second-order valence-electron chi connectivity index (χ2n) is 6.92. The third-order valence-electron chi connectivity index (χ3n) is 4.86. The zero-order valence-corrected chi connectivity index (χ0v) is 16.4. The zero-order chi connectivity index (χ0) is 19.0. The number of carbonyl (C=O) groups is 2. The van der Waals surface area contributed by atoms with Gasteiger partial charge in [0.05, 0.1) is 0 Å². The summed E-state index contributed by atoms with van der Waals surface area (Å²) in [6.45, 7) is 7.32. The number of hydrogen-bond donors (Lipinski definition) is 1. The average Bonchev–Trinajstić information content (AvgIpc) is 2.61. The minimum atomic E-state index is -1.40. The van der Waals surface area contributed by atoms with Crippen molar-refractivity contribution in [3.63, 3.8) is 0 Å². The SMILES string of the molecule is C=CC(=O)OC(CC)(CCCCCCCCCCCCCC)C(=O)O. The first kappa shape index (κ1) is 23.7. The smallest absolute Gasteiger partial charge is 0.348 e. The fourth-order valence-electron chi connectivity index (χ4n) is 3.09. The molecule has 0 aromatic carbocycles. The Morgan fingerprint density at radius 2 is 1.32 bits per heavy atom. The summed E-state index contributed by atoms with van der Waals surface area (Å²) >= 11 is 0. The van der Waals surface area contributed by atoms with Crippen molar-refractivity contribution in [1.82, 2.24) is 0 Å². The highest BCUT2D eigenvalue weighted by Gasteiger charge is 2.39. The van der Waals surface area contributed by atoms with Crippen LogP contribution in [-0.2, 0) is 14.3 Å². The summed E-state index contributed by atoms with van der Waals surface area (Å²) in [7, 11) is 0. The van der Waals surface area contributed by atoms with Crippen LogP contribution in [0.2, 0.25) is 0 Å². The van der Waals surface area contributed by atoms with Crippen LogP contribution < -0.4 is 0 Å². The van der Waals surface area contributed by atoms with Crippen LogP contribution in [-0.4, -0.2) is 22.6 Å². The third-order valence-corrected chi connectivity index (χ3v) is 4.86. The highest BCUT2D eigenvalue weighted by atomic mass is 16.6. The van der Waals surface area contributed by atoms with Crippen LogP contribution in [0, 0.1) is 0 Å². The van der Waals surface area contributed by atoms with Crippen molar-refractivity contribution >= 4 is 11.9 Å². The molecule has 0 aromatic rings. The molecule has 0 fully saturated rings. The molecule has 0 saturated heterocycles. The number of aliphatic carboxylic acids is 1. The molecule has 146 valence electrons. The van der Waals surface area contributed by atoms with Crippen molar-refractivity contribution < 1.29 is 19.4 Å². The van der Waals surface area contributed by atoms with E-state index in [1.165, 1.54) is 57.8 Å². The van der Waals surface area contributed by atoms with Gasteiger partial charge < -0.3 is 9.84 Å². The molecule has 1 unspecified atom stereocenters. The lowest BCUT2D eigenvalue weighted by molar-refractivity contribution is -0.177. The van der Waals surface area contributed by atoms with Gasteiger partial charge in [-0.05, 0) is 19.3 Å². The maximum atomic E-state index is 11.5. The van der Waals surface area contributed by atoms with E-state index in [9.17, 15) is 14.7 Å². The predicted octanol–water partition coefficient (Wildman–Crippen LogP) is 6.04. The Kier molecular flexibility index (Phi) is 14.2. The van der Waals surface area contributed by atoms with Crippen molar-refractivity contribution in [2.45, 2.75) is 109 Å². The second-order valence-corrected chi connectivity index (χ2v) is 6.92. The molecule has 1 atom stereocenters. The number of unbranched alkanes of at least 4 members (excludes halogenated alkanes) is 11. The molecule has 0 amide bonds. The molecule has 0 saturated carbocycles. The van der Waals surface area contributed by atoms with Crippen LogP contribution in [0.3, 0.4) is 0 Å². The fourth-order valence-corrected chi connectivity index (χ4v) is 3.09. The monoisotopic (exact) mass is 354 g/mol. The van der Waals surface area contributed by atoms with Crippen LogP contribution in [0.4, 0.5) is 0 Å². The minimum absolute atomic E-state index is 0.278. The number of esters is 1. The number of carbonyl (C=O) groups excluding carboxylic acids is 1. The molecule has 1 N–H and O–H groups in total. The van der Waals surface area contributed by atoms with Gasteiger partial charge >= 0.3 is 11.9 Å². The standard InChI is InChI=1S/C21H38O4/c1-4-7-8-9-10-11-12-13-14-15-16-17-18-21(6-3,20(23)24)25-19(22)5-2/h5H,2,4,6-18H2,1,3H3,(H,23,24). The molecule has 4 nitrogen and oxygen atoms in total. The van der Waals surface area contributed by atoms with Crippen molar-refractivity contribution in [3.05, 3.63) is 12.7 Å². The van der Waals surface area contributed by atoms with Crippen molar-refractivity contribution in [3.8, 4) is 0 Å². The van der Waals surface area contributed by atoms with Gasteiger partial charge in [-0.25, -0.2) is 9.59 Å². The molecule has 0 spiro atoms. The molecular formula is C21H38O4. The lowest BCUT2D eigenvalue weighted by Gasteiger charge is -2.27. The van der Waals surface area contributed by atoms with Crippen LogP contribution in [0.5, 0.6) is 0 Å². The molecular weight excluding hydrogens is 316 g/mol. The van der Waals surface area contributed by atoms with Crippen molar-refractivity contribution in [1.29, 1.82) is 0 Å². The van der Waals surface area contributed by atoms with Gasteiger partial charge in [0.1, 0.15) is 0 Å². The summed E-state index contributed by atoms with van der Waals surface area (Å²) < 4.78 is 5.14. The van der Waals surface area contributed by atoms with E-state index in [0.29, 0.717) is 6.42 Å². The topological polar surface area (TPSA) is 63.6 Å². The zero-order valence-electron chi connectivity index (χ0n) is 16.4. The normalized spacial score (nSPS) is 13.2. The van der Waals surface area contributed by atoms with Crippen molar-refractivity contribution in [2.24, 2.45) is 0 Å². The highest BCUT2D eigenvalue weighted by molar-refractivity contribution is 5.86. The average molecular weight is 355 g/mol. The van der Waals surface area contributed by atoms with Crippen molar-refractivity contribution in [2.75, 3.05) is 0 Å². The molecule has 0 aromatic heterocycles. The molecule has 0 rings (SSSR count). The molecule has 0 radical (unpaired) electrons. The van der Waals surface area contributed by atoms with Crippen LogP contribution in [0.25, 0.3) is 0 Å². The Labute approximate surface area is 154 Å². The Balaban J connectivity index is 3.80. The number of hydrogen-bond acceptors (Lipinski definition) is 3. The number of carboxylic acids is 1. The van der Waals surface area contributed by atoms with Gasteiger partial charge in [-0.15, -0.1) is 0 Å². The quantitative estimate of drug-likeness (QED) is 0.196. The van der Waals surface area contributed by atoms with Gasteiger partial charge in [0.2, 0.25) is 5.60 Å². The van der Waals surface area contributed by atoms with Gasteiger partial charge in [-0.1, -0.05) is 91.1 Å². The van der Waals surface area contributed by atoms with Gasteiger partial charge in [0.15, 0.2) is 0 Å². The van der Waals surface area contributed by atoms with E-state index >= 15 is 0 Å². The van der Waals surface area contributed by atoms with E-state index in [1.807, 2.05) is 0 Å². The summed E-state index contributed by atoms with van der Waals surface area (Å²) in [5.41, 5.74) is -1.40. The molecule has 0 heterocycles. The van der Waals surface area contributed by atoms with E-state index < -0.39 is 17.5 Å². The second kappa shape index (κ2) is 15.0. The lowest BCUT2D eigenvalue weighted by atomic mass is 9.92. The van der Waals surface area contributed by atoms with Gasteiger partial charge in [0.25, 0.3) is 0 Å². The van der Waals surface area contributed by atoms with E-state index in [0.717, 1.165) is 25.3 Å². The Bertz CT molecular complexity index is 378. The Morgan fingerprint density at radius 1 is 0.880 bits per heavy atom. The first-order valence-corrected chi connectivity index (χ1v) is 10.1.